The highest BCUT2D eigenvalue weighted by Crippen LogP contribution is 2.41. The van der Waals surface area contributed by atoms with E-state index >= 15 is 0 Å². The Kier molecular flexibility index (Phi) is 13.5. The van der Waals surface area contributed by atoms with Crippen LogP contribution in [0.15, 0.2) is 54.9 Å². The van der Waals surface area contributed by atoms with Gasteiger partial charge in [0.2, 0.25) is 5.75 Å². The third kappa shape index (κ3) is 8.31. The number of halogens is 2. The molecule has 0 spiro atoms. The molecule has 1 fully saturated rings. The van der Waals surface area contributed by atoms with Gasteiger partial charge in [0.25, 0.3) is 0 Å². The lowest BCUT2D eigenvalue weighted by Gasteiger charge is -2.36. The Labute approximate surface area is 245 Å². The van der Waals surface area contributed by atoms with Gasteiger partial charge in [-0.15, -0.1) is 24.8 Å². The number of piperidine rings is 1. The number of nitrogens with zero attached hydrogens (tertiary/aromatic N) is 2. The zero-order valence-electron chi connectivity index (χ0n) is 23.3. The molecule has 0 saturated carbocycles. The number of pyridine rings is 1. The summed E-state index contributed by atoms with van der Waals surface area (Å²) < 4.78 is 22.5. The molecule has 1 saturated heterocycles. The largest absolute Gasteiger partial charge is 0.494 e. The van der Waals surface area contributed by atoms with Gasteiger partial charge in [0.15, 0.2) is 11.5 Å². The van der Waals surface area contributed by atoms with Crippen LogP contribution in [0.25, 0.3) is 11.1 Å². The van der Waals surface area contributed by atoms with Crippen LogP contribution >= 0.6 is 24.8 Å². The van der Waals surface area contributed by atoms with Gasteiger partial charge in [-0.05, 0) is 85.9 Å². The van der Waals surface area contributed by atoms with Gasteiger partial charge in [-0.25, -0.2) is 0 Å². The molecular weight excluding hydrogens is 537 g/mol. The number of nitrogens with one attached hydrogen (secondary N) is 1. The highest BCUT2D eigenvalue weighted by Gasteiger charge is 2.22. The van der Waals surface area contributed by atoms with Crippen molar-refractivity contribution in [2.24, 2.45) is 0 Å². The maximum atomic E-state index is 5.90. The molecule has 39 heavy (non-hydrogen) atoms. The molecule has 1 N–H and O–H groups in total. The lowest BCUT2D eigenvalue weighted by molar-refractivity contribution is 0.309. The molecule has 9 heteroatoms. The zero-order valence-corrected chi connectivity index (χ0v) is 24.9. The Bertz CT molecular complexity index is 1120. The van der Waals surface area contributed by atoms with Gasteiger partial charge in [-0.1, -0.05) is 13.3 Å². The third-order valence-electron chi connectivity index (χ3n) is 6.83. The van der Waals surface area contributed by atoms with Gasteiger partial charge in [0, 0.05) is 36.2 Å². The minimum atomic E-state index is 0. The predicted octanol–water partition coefficient (Wildman–Crippen LogP) is 6.56. The van der Waals surface area contributed by atoms with Crippen molar-refractivity contribution in [2.45, 2.75) is 45.2 Å². The average molecular weight is 579 g/mol. The van der Waals surface area contributed by atoms with E-state index in [1.54, 1.807) is 21.3 Å². The molecule has 1 aliphatic rings. The summed E-state index contributed by atoms with van der Waals surface area (Å²) in [7, 11) is 4.88. The Morgan fingerprint density at radius 2 is 1.54 bits per heavy atom. The van der Waals surface area contributed by atoms with Crippen molar-refractivity contribution in [1.82, 2.24) is 10.3 Å². The first-order valence-electron chi connectivity index (χ1n) is 13.1. The Hall–Kier alpha value is -2.87. The molecular formula is C30H41Cl2N3O4. The molecule has 1 aromatic heterocycles. The van der Waals surface area contributed by atoms with Gasteiger partial charge >= 0.3 is 0 Å². The van der Waals surface area contributed by atoms with E-state index in [9.17, 15) is 0 Å². The van der Waals surface area contributed by atoms with Crippen molar-refractivity contribution in [1.29, 1.82) is 0 Å². The van der Waals surface area contributed by atoms with Gasteiger partial charge in [-0.3, -0.25) is 4.98 Å². The number of aromatic nitrogens is 1. The molecule has 2 heterocycles. The third-order valence-corrected chi connectivity index (χ3v) is 6.83. The summed E-state index contributed by atoms with van der Waals surface area (Å²) in [4.78, 5) is 7.10. The summed E-state index contributed by atoms with van der Waals surface area (Å²) in [5, 5.41) is 3.49. The molecule has 1 aliphatic heterocycles. The molecule has 7 nitrogen and oxygen atoms in total. The average Bonchev–Trinajstić information content (AvgIpc) is 2.96. The summed E-state index contributed by atoms with van der Waals surface area (Å²) >= 11 is 0. The quantitative estimate of drug-likeness (QED) is 0.245. The number of anilines is 1. The van der Waals surface area contributed by atoms with E-state index in [0.717, 1.165) is 74.4 Å². The molecule has 2 aromatic carbocycles. The van der Waals surface area contributed by atoms with Crippen molar-refractivity contribution < 1.29 is 18.9 Å². The van der Waals surface area contributed by atoms with E-state index < -0.39 is 0 Å². The van der Waals surface area contributed by atoms with Crippen molar-refractivity contribution in [3.63, 3.8) is 0 Å². The van der Waals surface area contributed by atoms with Crippen LogP contribution < -0.4 is 29.2 Å². The Morgan fingerprint density at radius 3 is 2.13 bits per heavy atom. The fourth-order valence-electron chi connectivity index (χ4n) is 4.79. The first-order valence-corrected chi connectivity index (χ1v) is 13.1. The molecule has 0 bridgehead atoms. The van der Waals surface area contributed by atoms with Crippen molar-refractivity contribution in [2.75, 3.05) is 45.9 Å². The molecule has 3 aromatic rings. The van der Waals surface area contributed by atoms with E-state index in [4.69, 9.17) is 18.9 Å². The summed E-state index contributed by atoms with van der Waals surface area (Å²) in [6, 6.07) is 15.1. The molecule has 0 amide bonds. The van der Waals surface area contributed by atoms with Gasteiger partial charge in [-0.2, -0.15) is 0 Å². The SMILES string of the molecule is CCCCOc1ccc(N(Cc2cncc(-c3cc(OC)c(OC)c(OC)c3)c2)C2CCNCC2)cc1.Cl.Cl. The molecule has 4 rings (SSSR count). The number of unbranched alkanes of at least 4 members (excludes halogenated alkanes) is 1. The second-order valence-corrected chi connectivity index (χ2v) is 9.30. The first kappa shape index (κ1) is 32.3. The minimum Gasteiger partial charge on any atom is -0.494 e. The number of ether oxygens (including phenoxy) is 4. The zero-order chi connectivity index (χ0) is 26.0. The van der Waals surface area contributed by atoms with Crippen molar-refractivity contribution in [3.05, 3.63) is 60.4 Å². The fourth-order valence-corrected chi connectivity index (χ4v) is 4.79. The van der Waals surface area contributed by atoms with Gasteiger partial charge in [0.05, 0.1) is 27.9 Å². The predicted molar refractivity (Wildman–Crippen MR) is 163 cm³/mol. The number of rotatable bonds is 12. The fraction of sp³-hybridized carbons (Fsp3) is 0.433. The van der Waals surface area contributed by atoms with Crippen LogP contribution in [-0.4, -0.2) is 52.1 Å². The molecule has 0 aliphatic carbocycles. The van der Waals surface area contributed by atoms with Crippen LogP contribution in [0.1, 0.15) is 38.2 Å². The summed E-state index contributed by atoms with van der Waals surface area (Å²) in [5.41, 5.74) is 4.31. The maximum absolute atomic E-state index is 5.90. The second-order valence-electron chi connectivity index (χ2n) is 9.30. The smallest absolute Gasteiger partial charge is 0.203 e. The number of hydrogen-bond acceptors (Lipinski definition) is 7. The summed E-state index contributed by atoms with van der Waals surface area (Å²) in [5.74, 6) is 2.75. The Balaban J connectivity index is 0.00000267. The van der Waals surface area contributed by atoms with Crippen LogP contribution in [0.2, 0.25) is 0 Å². The molecule has 0 unspecified atom stereocenters. The van der Waals surface area contributed by atoms with E-state index in [1.165, 1.54) is 5.69 Å². The van der Waals surface area contributed by atoms with Crippen LogP contribution in [0.4, 0.5) is 5.69 Å². The molecule has 0 radical (unpaired) electrons. The number of methoxy groups -OCH3 is 3. The van der Waals surface area contributed by atoms with Crippen LogP contribution in [0, 0.1) is 0 Å². The van der Waals surface area contributed by atoms with Crippen molar-refractivity contribution >= 4 is 30.5 Å². The second kappa shape index (κ2) is 16.3. The molecule has 214 valence electrons. The Morgan fingerprint density at radius 1 is 0.872 bits per heavy atom. The van der Waals surface area contributed by atoms with Crippen LogP contribution in [-0.2, 0) is 6.54 Å². The van der Waals surface area contributed by atoms with E-state index in [2.05, 4.69) is 52.5 Å². The van der Waals surface area contributed by atoms with E-state index in [-0.39, 0.29) is 24.8 Å². The highest BCUT2D eigenvalue weighted by molar-refractivity contribution is 5.85. The lowest BCUT2D eigenvalue weighted by Crippen LogP contribution is -2.43. The topological polar surface area (TPSA) is 65.1 Å². The van der Waals surface area contributed by atoms with Crippen molar-refractivity contribution in [3.8, 4) is 34.1 Å². The summed E-state index contributed by atoms with van der Waals surface area (Å²) in [6.07, 6.45) is 8.24. The van der Waals surface area contributed by atoms with Crippen LogP contribution in [0.5, 0.6) is 23.0 Å². The normalized spacial score (nSPS) is 13.0. The summed E-state index contributed by atoms with van der Waals surface area (Å²) in [6.45, 7) is 5.76. The van der Waals surface area contributed by atoms with Gasteiger partial charge < -0.3 is 29.2 Å². The molecule has 0 atom stereocenters. The van der Waals surface area contributed by atoms with Crippen LogP contribution in [0.3, 0.4) is 0 Å². The van der Waals surface area contributed by atoms with Gasteiger partial charge in [0.1, 0.15) is 5.75 Å². The lowest BCUT2D eigenvalue weighted by atomic mass is 10.0. The maximum Gasteiger partial charge on any atom is 0.203 e. The number of benzene rings is 2. The first-order chi connectivity index (χ1) is 18.2. The minimum absolute atomic E-state index is 0. The monoisotopic (exact) mass is 577 g/mol. The highest BCUT2D eigenvalue weighted by atomic mass is 35.5. The standard InChI is InChI=1S/C30H39N3O4.2ClH/c1-5-6-15-37-27-9-7-25(8-10-27)33(26-11-13-31-14-12-26)21-22-16-24(20-32-19-22)23-17-28(34-2)30(36-4)29(18-23)35-3;;/h7-10,16-20,26,31H,5-6,11-15,21H2,1-4H3;2*1H. The number of hydrogen-bond donors (Lipinski definition) is 1. The van der Waals surface area contributed by atoms with E-state index in [0.29, 0.717) is 23.3 Å². The van der Waals surface area contributed by atoms with E-state index in [1.807, 2.05) is 24.5 Å².